The molecule has 0 aliphatic carbocycles. The first kappa shape index (κ1) is 22.4. The number of carbonyl (C=O) groups excluding carboxylic acids is 2. The Bertz CT molecular complexity index is 1020. The SMILES string of the molecule is CCC(Sc1cccc(NC(=O)COc2ccccc2)c1)C(=O)Nc1cccc(C)c1. The van der Waals surface area contributed by atoms with Gasteiger partial charge in [0, 0.05) is 16.3 Å². The second-order valence-corrected chi connectivity index (χ2v) is 8.33. The van der Waals surface area contributed by atoms with Crippen molar-refractivity contribution in [1.82, 2.24) is 0 Å². The van der Waals surface area contributed by atoms with Crippen molar-refractivity contribution in [1.29, 1.82) is 0 Å². The first-order valence-electron chi connectivity index (χ1n) is 10.2. The van der Waals surface area contributed by atoms with Gasteiger partial charge in [0.2, 0.25) is 5.91 Å². The van der Waals surface area contributed by atoms with E-state index in [1.165, 1.54) is 11.8 Å². The summed E-state index contributed by atoms with van der Waals surface area (Å²) >= 11 is 1.48. The molecule has 0 aromatic heterocycles. The number of hydrogen-bond acceptors (Lipinski definition) is 4. The van der Waals surface area contributed by atoms with Crippen LogP contribution in [0.25, 0.3) is 0 Å². The summed E-state index contributed by atoms with van der Waals surface area (Å²) in [5, 5.41) is 5.59. The summed E-state index contributed by atoms with van der Waals surface area (Å²) in [4.78, 5) is 25.8. The smallest absolute Gasteiger partial charge is 0.262 e. The fourth-order valence-corrected chi connectivity index (χ4v) is 3.96. The van der Waals surface area contributed by atoms with E-state index in [0.29, 0.717) is 17.9 Å². The van der Waals surface area contributed by atoms with Gasteiger partial charge in [0.25, 0.3) is 5.91 Å². The topological polar surface area (TPSA) is 67.4 Å². The van der Waals surface area contributed by atoms with Crippen molar-refractivity contribution in [3.05, 3.63) is 84.4 Å². The van der Waals surface area contributed by atoms with E-state index in [1.807, 2.05) is 80.6 Å². The van der Waals surface area contributed by atoms with Crippen molar-refractivity contribution < 1.29 is 14.3 Å². The third-order valence-electron chi connectivity index (χ3n) is 4.46. The number of carbonyl (C=O) groups is 2. The Morgan fingerprint density at radius 1 is 0.903 bits per heavy atom. The van der Waals surface area contributed by atoms with Crippen LogP contribution in [-0.2, 0) is 9.59 Å². The zero-order valence-corrected chi connectivity index (χ0v) is 18.4. The lowest BCUT2D eigenvalue weighted by Crippen LogP contribution is -2.24. The molecule has 2 amide bonds. The minimum absolute atomic E-state index is 0.0381. The number of aryl methyl sites for hydroxylation is 1. The minimum Gasteiger partial charge on any atom is -0.484 e. The van der Waals surface area contributed by atoms with Crippen LogP contribution in [0.3, 0.4) is 0 Å². The van der Waals surface area contributed by atoms with Gasteiger partial charge in [-0.15, -0.1) is 11.8 Å². The maximum Gasteiger partial charge on any atom is 0.262 e. The molecule has 3 rings (SSSR count). The van der Waals surface area contributed by atoms with Crippen LogP contribution in [-0.4, -0.2) is 23.7 Å². The predicted molar refractivity (Wildman–Crippen MR) is 127 cm³/mol. The molecular weight excluding hydrogens is 408 g/mol. The molecule has 0 aliphatic heterocycles. The summed E-state index contributed by atoms with van der Waals surface area (Å²) in [6.45, 7) is 3.91. The van der Waals surface area contributed by atoms with Gasteiger partial charge in [0.15, 0.2) is 6.61 Å². The van der Waals surface area contributed by atoms with E-state index in [1.54, 1.807) is 12.1 Å². The van der Waals surface area contributed by atoms with Gasteiger partial charge in [-0.1, -0.05) is 43.3 Å². The van der Waals surface area contributed by atoms with Crippen LogP contribution in [0.15, 0.2) is 83.8 Å². The Morgan fingerprint density at radius 3 is 2.32 bits per heavy atom. The highest BCUT2D eigenvalue weighted by Crippen LogP contribution is 2.28. The summed E-state index contributed by atoms with van der Waals surface area (Å²) in [5.74, 6) is 0.367. The van der Waals surface area contributed by atoms with Crippen molar-refractivity contribution in [2.24, 2.45) is 0 Å². The third-order valence-corrected chi connectivity index (χ3v) is 5.82. The van der Waals surface area contributed by atoms with E-state index < -0.39 is 0 Å². The molecular formula is C25H26N2O3S. The van der Waals surface area contributed by atoms with Crippen molar-refractivity contribution in [2.45, 2.75) is 30.4 Å². The average Bonchev–Trinajstić information content (AvgIpc) is 2.77. The van der Waals surface area contributed by atoms with Crippen molar-refractivity contribution in [3.63, 3.8) is 0 Å². The quantitative estimate of drug-likeness (QED) is 0.435. The van der Waals surface area contributed by atoms with Crippen LogP contribution >= 0.6 is 11.8 Å². The number of thioether (sulfide) groups is 1. The molecule has 0 heterocycles. The van der Waals surface area contributed by atoms with Gasteiger partial charge < -0.3 is 15.4 Å². The molecule has 2 N–H and O–H groups in total. The molecule has 1 unspecified atom stereocenters. The number of hydrogen-bond donors (Lipinski definition) is 2. The van der Waals surface area contributed by atoms with Gasteiger partial charge in [-0.05, 0) is 61.4 Å². The molecule has 31 heavy (non-hydrogen) atoms. The van der Waals surface area contributed by atoms with Crippen LogP contribution in [0, 0.1) is 6.92 Å². The summed E-state index contributed by atoms with van der Waals surface area (Å²) < 4.78 is 5.48. The number of rotatable bonds is 9. The fourth-order valence-electron chi connectivity index (χ4n) is 2.94. The van der Waals surface area contributed by atoms with Gasteiger partial charge >= 0.3 is 0 Å². The number of amides is 2. The molecule has 0 fully saturated rings. The van der Waals surface area contributed by atoms with Crippen LogP contribution < -0.4 is 15.4 Å². The Balaban J connectivity index is 1.56. The number of anilines is 2. The van der Waals surface area contributed by atoms with Crippen LogP contribution in [0.5, 0.6) is 5.75 Å². The Labute approximate surface area is 187 Å². The van der Waals surface area contributed by atoms with Gasteiger partial charge in [-0.2, -0.15) is 0 Å². The first-order valence-corrected chi connectivity index (χ1v) is 11.0. The van der Waals surface area contributed by atoms with E-state index in [4.69, 9.17) is 4.74 Å². The van der Waals surface area contributed by atoms with Crippen LogP contribution in [0.1, 0.15) is 18.9 Å². The molecule has 160 valence electrons. The summed E-state index contributed by atoms with van der Waals surface area (Å²) in [6.07, 6.45) is 0.684. The maximum atomic E-state index is 12.7. The molecule has 0 saturated carbocycles. The molecule has 1 atom stereocenters. The molecule has 0 bridgehead atoms. The Hall–Kier alpha value is -3.25. The molecule has 0 saturated heterocycles. The summed E-state index contributed by atoms with van der Waals surface area (Å²) in [5.41, 5.74) is 2.56. The van der Waals surface area contributed by atoms with Gasteiger partial charge in [-0.25, -0.2) is 0 Å². The number of ether oxygens (including phenoxy) is 1. The van der Waals surface area contributed by atoms with E-state index in [-0.39, 0.29) is 23.7 Å². The summed E-state index contributed by atoms with van der Waals surface area (Å²) in [7, 11) is 0. The highest BCUT2D eigenvalue weighted by Gasteiger charge is 2.18. The average molecular weight is 435 g/mol. The van der Waals surface area contributed by atoms with Crippen molar-refractivity contribution >= 4 is 35.0 Å². The lowest BCUT2D eigenvalue weighted by molar-refractivity contribution is -0.118. The zero-order chi connectivity index (χ0) is 22.1. The van der Waals surface area contributed by atoms with Crippen LogP contribution in [0.4, 0.5) is 11.4 Å². The van der Waals surface area contributed by atoms with E-state index in [2.05, 4.69) is 10.6 Å². The molecule has 6 heteroatoms. The first-order chi connectivity index (χ1) is 15.0. The number of para-hydroxylation sites is 1. The van der Waals surface area contributed by atoms with Gasteiger partial charge in [-0.3, -0.25) is 9.59 Å². The second kappa shape index (κ2) is 11.2. The third kappa shape index (κ3) is 7.19. The standard InChI is InChI=1S/C25H26N2O3S/c1-3-23(25(29)27-19-10-7-9-18(2)15-19)31-22-14-8-11-20(16-22)26-24(28)17-30-21-12-5-4-6-13-21/h4-16,23H,3,17H2,1-2H3,(H,26,28)(H,27,29). The molecule has 0 spiro atoms. The maximum absolute atomic E-state index is 12.7. The van der Waals surface area contributed by atoms with E-state index >= 15 is 0 Å². The van der Waals surface area contributed by atoms with Gasteiger partial charge in [0.1, 0.15) is 5.75 Å². The fraction of sp³-hybridized carbons (Fsp3) is 0.200. The normalized spacial score (nSPS) is 11.4. The van der Waals surface area contributed by atoms with E-state index in [9.17, 15) is 9.59 Å². The lowest BCUT2D eigenvalue weighted by Gasteiger charge is -2.16. The Morgan fingerprint density at radius 2 is 1.61 bits per heavy atom. The molecule has 0 aliphatic rings. The molecule has 5 nitrogen and oxygen atoms in total. The lowest BCUT2D eigenvalue weighted by atomic mass is 10.2. The van der Waals surface area contributed by atoms with Crippen LogP contribution in [0.2, 0.25) is 0 Å². The molecule has 3 aromatic rings. The van der Waals surface area contributed by atoms with Gasteiger partial charge in [0.05, 0.1) is 5.25 Å². The number of benzene rings is 3. The molecule has 3 aromatic carbocycles. The highest BCUT2D eigenvalue weighted by atomic mass is 32.2. The second-order valence-electron chi connectivity index (χ2n) is 7.05. The monoisotopic (exact) mass is 434 g/mol. The minimum atomic E-state index is -0.243. The predicted octanol–water partition coefficient (Wildman–Crippen LogP) is 5.52. The van der Waals surface area contributed by atoms with Crippen molar-refractivity contribution in [3.8, 4) is 5.75 Å². The van der Waals surface area contributed by atoms with Crippen molar-refractivity contribution in [2.75, 3.05) is 17.2 Å². The highest BCUT2D eigenvalue weighted by molar-refractivity contribution is 8.00. The largest absolute Gasteiger partial charge is 0.484 e. The summed E-state index contributed by atoms with van der Waals surface area (Å²) in [6, 6.07) is 24.4. The Kier molecular flexibility index (Phi) is 8.12. The zero-order valence-electron chi connectivity index (χ0n) is 17.6. The molecule has 0 radical (unpaired) electrons. The number of nitrogens with one attached hydrogen (secondary N) is 2. The van der Waals surface area contributed by atoms with E-state index in [0.717, 1.165) is 16.1 Å².